The second kappa shape index (κ2) is 9.82. The Morgan fingerprint density at radius 1 is 1.00 bits per heavy atom. The van der Waals surface area contributed by atoms with Gasteiger partial charge in [-0.15, -0.1) is 0 Å². The van der Waals surface area contributed by atoms with Gasteiger partial charge in [0.15, 0.2) is 11.5 Å². The average Bonchev–Trinajstić information content (AvgIpc) is 2.70. The van der Waals surface area contributed by atoms with E-state index in [2.05, 4.69) is 36.2 Å². The summed E-state index contributed by atoms with van der Waals surface area (Å²) in [5.74, 6) is 0.823. The number of hydrogen-bond acceptors (Lipinski definition) is 4. The van der Waals surface area contributed by atoms with Crippen LogP contribution in [0.1, 0.15) is 35.8 Å². The van der Waals surface area contributed by atoms with Crippen LogP contribution in [0, 0.1) is 0 Å². The number of carbonyl (C=O) groups is 1. The molecule has 0 aliphatic rings. The van der Waals surface area contributed by atoms with Gasteiger partial charge in [0.1, 0.15) is 0 Å². The quantitative estimate of drug-likeness (QED) is 0.747. The maximum absolute atomic E-state index is 12.8. The summed E-state index contributed by atoms with van der Waals surface area (Å²) in [6.45, 7) is 6.60. The molecule has 0 spiro atoms. The lowest BCUT2D eigenvalue weighted by Crippen LogP contribution is -2.38. The fourth-order valence-electron chi connectivity index (χ4n) is 3.15. The van der Waals surface area contributed by atoms with Crippen LogP contribution < -0.4 is 14.8 Å². The molecule has 0 saturated carbocycles. The predicted octanol–water partition coefficient (Wildman–Crippen LogP) is 3.52. The number of para-hydroxylation sites is 1. The van der Waals surface area contributed by atoms with Crippen molar-refractivity contribution in [2.75, 3.05) is 33.9 Å². The highest BCUT2D eigenvalue weighted by atomic mass is 16.5. The third kappa shape index (κ3) is 4.55. The molecule has 1 unspecified atom stereocenters. The minimum atomic E-state index is -0.172. The highest BCUT2D eigenvalue weighted by Gasteiger charge is 2.21. The van der Waals surface area contributed by atoms with Crippen molar-refractivity contribution in [2.24, 2.45) is 0 Å². The van der Waals surface area contributed by atoms with E-state index in [1.807, 2.05) is 18.2 Å². The van der Waals surface area contributed by atoms with Crippen LogP contribution in [0.2, 0.25) is 0 Å². The molecule has 0 aliphatic heterocycles. The maximum atomic E-state index is 12.8. The van der Waals surface area contributed by atoms with Gasteiger partial charge in [-0.1, -0.05) is 50.2 Å². The lowest BCUT2D eigenvalue weighted by molar-refractivity contribution is 0.0931. The number of benzene rings is 2. The first-order valence-electron chi connectivity index (χ1n) is 8.94. The van der Waals surface area contributed by atoms with Gasteiger partial charge in [-0.2, -0.15) is 0 Å². The first-order chi connectivity index (χ1) is 12.7. The van der Waals surface area contributed by atoms with E-state index in [9.17, 15) is 4.79 Å². The van der Waals surface area contributed by atoms with Gasteiger partial charge in [-0.25, -0.2) is 0 Å². The number of nitrogens with one attached hydrogen (secondary N) is 1. The zero-order valence-corrected chi connectivity index (χ0v) is 16.0. The molecule has 0 bridgehead atoms. The maximum Gasteiger partial charge on any atom is 0.255 e. The van der Waals surface area contributed by atoms with Gasteiger partial charge in [0.25, 0.3) is 5.91 Å². The van der Waals surface area contributed by atoms with Gasteiger partial charge in [-0.05, 0) is 30.8 Å². The molecule has 1 atom stereocenters. The standard InChI is InChI=1S/C21H28N2O3/c1-5-23(6-2)18(16-11-8-7-9-12-16)15-22-21(24)17-13-10-14-19(25-3)20(17)26-4/h7-14,18H,5-6,15H2,1-4H3,(H,22,24). The Bertz CT molecular complexity index is 700. The smallest absolute Gasteiger partial charge is 0.255 e. The molecule has 2 aromatic rings. The van der Waals surface area contributed by atoms with Gasteiger partial charge in [0.2, 0.25) is 0 Å². The minimum Gasteiger partial charge on any atom is -0.493 e. The lowest BCUT2D eigenvalue weighted by atomic mass is 10.0. The van der Waals surface area contributed by atoms with E-state index in [1.165, 1.54) is 12.7 Å². The van der Waals surface area contributed by atoms with Crippen molar-refractivity contribution in [1.82, 2.24) is 10.2 Å². The Hall–Kier alpha value is -2.53. The van der Waals surface area contributed by atoms with E-state index in [4.69, 9.17) is 9.47 Å². The minimum absolute atomic E-state index is 0.117. The molecule has 0 saturated heterocycles. The normalized spacial score (nSPS) is 11.9. The summed E-state index contributed by atoms with van der Waals surface area (Å²) in [4.78, 5) is 15.1. The highest BCUT2D eigenvalue weighted by Crippen LogP contribution is 2.30. The summed E-state index contributed by atoms with van der Waals surface area (Å²) in [7, 11) is 3.10. The Morgan fingerprint density at radius 2 is 1.69 bits per heavy atom. The Labute approximate surface area is 155 Å². The van der Waals surface area contributed by atoms with Crippen LogP contribution in [-0.2, 0) is 0 Å². The highest BCUT2D eigenvalue weighted by molar-refractivity contribution is 5.97. The van der Waals surface area contributed by atoms with Gasteiger partial charge < -0.3 is 14.8 Å². The molecular weight excluding hydrogens is 328 g/mol. The van der Waals surface area contributed by atoms with Crippen molar-refractivity contribution >= 4 is 5.91 Å². The summed E-state index contributed by atoms with van der Waals surface area (Å²) in [6.07, 6.45) is 0. The third-order valence-corrected chi connectivity index (χ3v) is 4.54. The van der Waals surface area contributed by atoms with Crippen molar-refractivity contribution in [3.8, 4) is 11.5 Å². The second-order valence-electron chi connectivity index (χ2n) is 5.90. The van der Waals surface area contributed by atoms with Gasteiger partial charge in [0.05, 0.1) is 25.8 Å². The number of hydrogen-bond donors (Lipinski definition) is 1. The van der Waals surface area contributed by atoms with Crippen LogP contribution in [0.4, 0.5) is 0 Å². The van der Waals surface area contributed by atoms with E-state index in [1.54, 1.807) is 25.3 Å². The second-order valence-corrected chi connectivity index (χ2v) is 5.90. The number of nitrogens with zero attached hydrogens (tertiary/aromatic N) is 1. The molecule has 5 nitrogen and oxygen atoms in total. The van der Waals surface area contributed by atoms with Crippen molar-refractivity contribution < 1.29 is 14.3 Å². The summed E-state index contributed by atoms with van der Waals surface area (Å²) in [5.41, 5.74) is 1.66. The monoisotopic (exact) mass is 356 g/mol. The zero-order chi connectivity index (χ0) is 18.9. The molecule has 0 radical (unpaired) electrons. The van der Waals surface area contributed by atoms with Crippen LogP contribution in [-0.4, -0.2) is 44.7 Å². The molecule has 0 aromatic heterocycles. The first-order valence-corrected chi connectivity index (χ1v) is 8.94. The SMILES string of the molecule is CCN(CC)C(CNC(=O)c1cccc(OC)c1OC)c1ccccc1. The van der Waals surface area contributed by atoms with Crippen molar-refractivity contribution in [1.29, 1.82) is 0 Å². The fourth-order valence-corrected chi connectivity index (χ4v) is 3.15. The van der Waals surface area contributed by atoms with E-state index in [0.29, 0.717) is 23.6 Å². The largest absolute Gasteiger partial charge is 0.493 e. The average molecular weight is 356 g/mol. The molecule has 1 amide bonds. The molecule has 2 rings (SSSR count). The summed E-state index contributed by atoms with van der Waals surface area (Å²) < 4.78 is 10.7. The van der Waals surface area contributed by atoms with Crippen LogP contribution >= 0.6 is 0 Å². The number of methoxy groups -OCH3 is 2. The Balaban J connectivity index is 2.20. The van der Waals surface area contributed by atoms with Crippen LogP contribution in [0.3, 0.4) is 0 Å². The van der Waals surface area contributed by atoms with Crippen molar-refractivity contribution in [2.45, 2.75) is 19.9 Å². The molecule has 0 fully saturated rings. The Morgan fingerprint density at radius 3 is 2.27 bits per heavy atom. The number of carbonyl (C=O) groups excluding carboxylic acids is 1. The molecule has 0 aliphatic carbocycles. The first kappa shape index (κ1) is 19.8. The molecule has 5 heteroatoms. The number of ether oxygens (including phenoxy) is 2. The summed E-state index contributed by atoms with van der Waals surface area (Å²) in [6, 6.07) is 15.7. The third-order valence-electron chi connectivity index (χ3n) is 4.54. The van der Waals surface area contributed by atoms with E-state index in [0.717, 1.165) is 13.1 Å². The topological polar surface area (TPSA) is 50.8 Å². The molecular formula is C21H28N2O3. The molecule has 2 aromatic carbocycles. The number of amides is 1. The van der Waals surface area contributed by atoms with E-state index in [-0.39, 0.29) is 11.9 Å². The molecule has 26 heavy (non-hydrogen) atoms. The zero-order valence-electron chi connectivity index (χ0n) is 16.0. The van der Waals surface area contributed by atoms with Gasteiger partial charge in [-0.3, -0.25) is 9.69 Å². The van der Waals surface area contributed by atoms with Gasteiger partial charge in [0, 0.05) is 6.54 Å². The Kier molecular flexibility index (Phi) is 7.48. The van der Waals surface area contributed by atoms with E-state index >= 15 is 0 Å². The van der Waals surface area contributed by atoms with Crippen LogP contribution in [0.25, 0.3) is 0 Å². The predicted molar refractivity (Wildman–Crippen MR) is 104 cm³/mol. The fraction of sp³-hybridized carbons (Fsp3) is 0.381. The van der Waals surface area contributed by atoms with Gasteiger partial charge >= 0.3 is 0 Å². The van der Waals surface area contributed by atoms with E-state index < -0.39 is 0 Å². The lowest BCUT2D eigenvalue weighted by Gasteiger charge is -2.30. The van der Waals surface area contributed by atoms with Crippen LogP contribution in [0.5, 0.6) is 11.5 Å². The summed E-state index contributed by atoms with van der Waals surface area (Å²) >= 11 is 0. The van der Waals surface area contributed by atoms with Crippen molar-refractivity contribution in [3.63, 3.8) is 0 Å². The molecule has 1 N–H and O–H groups in total. The van der Waals surface area contributed by atoms with Crippen LogP contribution in [0.15, 0.2) is 48.5 Å². The molecule has 0 heterocycles. The molecule has 140 valence electrons. The summed E-state index contributed by atoms with van der Waals surface area (Å²) in [5, 5.41) is 3.06. The number of rotatable bonds is 9. The van der Waals surface area contributed by atoms with Crippen molar-refractivity contribution in [3.05, 3.63) is 59.7 Å². The number of likely N-dealkylation sites (N-methyl/N-ethyl adjacent to an activating group) is 1.